The van der Waals surface area contributed by atoms with Crippen LogP contribution >= 0.6 is 0 Å². The number of sulfonamides is 1. The molecule has 1 aromatic rings. The molecule has 0 saturated carbocycles. The van der Waals surface area contributed by atoms with Crippen molar-refractivity contribution < 1.29 is 13.3 Å². The predicted molar refractivity (Wildman–Crippen MR) is 56.2 cm³/mol. The average Bonchev–Trinajstić information content (AvgIpc) is 2.18. The van der Waals surface area contributed by atoms with Crippen LogP contribution in [0.4, 0.5) is 11.4 Å². The van der Waals surface area contributed by atoms with Crippen LogP contribution in [0.5, 0.6) is 0 Å². The Balaban J connectivity index is 3.10. The lowest BCUT2D eigenvalue weighted by molar-refractivity contribution is -0.383. The number of nitrogens with zero attached hydrogens (tertiary/aromatic N) is 1. The van der Waals surface area contributed by atoms with Gasteiger partial charge in [0.2, 0.25) is 10.0 Å². The summed E-state index contributed by atoms with van der Waals surface area (Å²) in [7, 11) is -3.48. The number of hydrogen-bond acceptors (Lipinski definition) is 4. The Labute approximate surface area is 87.1 Å². The minimum absolute atomic E-state index is 0.00986. The van der Waals surface area contributed by atoms with E-state index in [1.807, 2.05) is 0 Å². The summed E-state index contributed by atoms with van der Waals surface area (Å²) in [5.74, 6) is -0.126. The Hall–Kier alpha value is -1.63. The van der Waals surface area contributed by atoms with Crippen molar-refractivity contribution in [1.29, 1.82) is 0 Å². The second-order valence-corrected chi connectivity index (χ2v) is 4.79. The third-order valence-electron chi connectivity index (χ3n) is 1.75. The number of para-hydroxylation sites is 2. The molecule has 0 fully saturated rings. The van der Waals surface area contributed by atoms with Crippen LogP contribution in [0.3, 0.4) is 0 Å². The normalized spacial score (nSPS) is 11.0. The van der Waals surface area contributed by atoms with E-state index in [2.05, 4.69) is 4.72 Å². The first-order valence-corrected chi connectivity index (χ1v) is 5.85. The molecule has 15 heavy (non-hydrogen) atoms. The van der Waals surface area contributed by atoms with Gasteiger partial charge in [-0.3, -0.25) is 14.8 Å². The third kappa shape index (κ3) is 2.91. The van der Waals surface area contributed by atoms with Gasteiger partial charge in [-0.2, -0.15) is 0 Å². The molecule has 1 aromatic carbocycles. The van der Waals surface area contributed by atoms with E-state index in [0.29, 0.717) is 0 Å². The lowest BCUT2D eigenvalue weighted by atomic mass is 10.3. The molecule has 0 aliphatic rings. The number of nitrogens with one attached hydrogen (secondary N) is 1. The standard InChI is InChI=1S/C8H10N2O4S/c1-2-15(13,14)9-7-5-3-4-6-8(7)10(11)12/h3-6,9H,2H2,1H3. The summed E-state index contributed by atoms with van der Waals surface area (Å²) >= 11 is 0. The monoisotopic (exact) mass is 230 g/mol. The molecule has 0 saturated heterocycles. The van der Waals surface area contributed by atoms with Crippen molar-refractivity contribution in [2.45, 2.75) is 6.92 Å². The lowest BCUT2D eigenvalue weighted by Gasteiger charge is -2.05. The van der Waals surface area contributed by atoms with Gasteiger partial charge in [0, 0.05) is 6.07 Å². The Morgan fingerprint density at radius 1 is 1.40 bits per heavy atom. The zero-order valence-corrected chi connectivity index (χ0v) is 8.82. The molecular weight excluding hydrogens is 220 g/mol. The maximum Gasteiger partial charge on any atom is 0.293 e. The fourth-order valence-electron chi connectivity index (χ4n) is 0.959. The number of nitro benzene ring substituents is 1. The molecule has 0 aromatic heterocycles. The summed E-state index contributed by atoms with van der Waals surface area (Å²) < 4.78 is 24.6. The van der Waals surface area contributed by atoms with Crippen LogP contribution in [0, 0.1) is 10.1 Å². The first-order chi connectivity index (χ1) is 6.96. The van der Waals surface area contributed by atoms with E-state index in [1.165, 1.54) is 31.2 Å². The number of nitro groups is 1. The molecular formula is C8H10N2O4S. The first-order valence-electron chi connectivity index (χ1n) is 4.20. The van der Waals surface area contributed by atoms with Crippen molar-refractivity contribution in [3.63, 3.8) is 0 Å². The Kier molecular flexibility index (Phi) is 3.25. The maximum atomic E-state index is 11.2. The molecule has 0 aliphatic heterocycles. The highest BCUT2D eigenvalue weighted by Gasteiger charge is 2.16. The topological polar surface area (TPSA) is 89.3 Å². The summed E-state index contributed by atoms with van der Waals surface area (Å²) in [6.45, 7) is 1.46. The van der Waals surface area contributed by atoms with Crippen molar-refractivity contribution in [2.24, 2.45) is 0 Å². The molecule has 82 valence electrons. The fourth-order valence-corrected chi connectivity index (χ4v) is 1.61. The zero-order chi connectivity index (χ0) is 11.5. The van der Waals surface area contributed by atoms with E-state index < -0.39 is 14.9 Å². The van der Waals surface area contributed by atoms with E-state index in [4.69, 9.17) is 0 Å². The van der Waals surface area contributed by atoms with Crippen molar-refractivity contribution in [3.05, 3.63) is 34.4 Å². The fraction of sp³-hybridized carbons (Fsp3) is 0.250. The Morgan fingerprint density at radius 3 is 2.53 bits per heavy atom. The van der Waals surface area contributed by atoms with Gasteiger partial charge in [0.25, 0.3) is 5.69 Å². The summed E-state index contributed by atoms with van der Waals surface area (Å²) in [6.07, 6.45) is 0. The number of hydrogen-bond donors (Lipinski definition) is 1. The molecule has 1 rings (SSSR count). The second-order valence-electron chi connectivity index (χ2n) is 2.78. The van der Waals surface area contributed by atoms with E-state index >= 15 is 0 Å². The van der Waals surface area contributed by atoms with Gasteiger partial charge in [-0.1, -0.05) is 12.1 Å². The van der Waals surface area contributed by atoms with Gasteiger partial charge in [0.05, 0.1) is 10.7 Å². The maximum absolute atomic E-state index is 11.2. The molecule has 0 amide bonds. The molecule has 0 radical (unpaired) electrons. The van der Waals surface area contributed by atoms with Gasteiger partial charge in [0.1, 0.15) is 5.69 Å². The molecule has 0 unspecified atom stereocenters. The zero-order valence-electron chi connectivity index (χ0n) is 8.00. The molecule has 0 atom stereocenters. The largest absolute Gasteiger partial charge is 0.293 e. The molecule has 0 bridgehead atoms. The van der Waals surface area contributed by atoms with Crippen molar-refractivity contribution in [2.75, 3.05) is 10.5 Å². The van der Waals surface area contributed by atoms with Crippen LogP contribution in [-0.2, 0) is 10.0 Å². The number of rotatable bonds is 4. The predicted octanol–water partition coefficient (Wildman–Crippen LogP) is 1.36. The van der Waals surface area contributed by atoms with Crippen molar-refractivity contribution in [1.82, 2.24) is 0 Å². The summed E-state index contributed by atoms with van der Waals surface area (Å²) in [4.78, 5) is 9.94. The van der Waals surface area contributed by atoms with Gasteiger partial charge in [-0.05, 0) is 13.0 Å². The summed E-state index contributed by atoms with van der Waals surface area (Å²) in [5.41, 5.74) is -0.265. The Morgan fingerprint density at radius 2 is 2.00 bits per heavy atom. The highest BCUT2D eigenvalue weighted by molar-refractivity contribution is 7.92. The van der Waals surface area contributed by atoms with Crippen LogP contribution in [0.2, 0.25) is 0 Å². The molecule has 1 N–H and O–H groups in total. The van der Waals surface area contributed by atoms with E-state index in [-0.39, 0.29) is 17.1 Å². The minimum Gasteiger partial charge on any atom is -0.277 e. The van der Waals surface area contributed by atoms with Crippen LogP contribution in [-0.4, -0.2) is 19.1 Å². The first kappa shape index (κ1) is 11.4. The van der Waals surface area contributed by atoms with Gasteiger partial charge in [-0.25, -0.2) is 8.42 Å². The SMILES string of the molecule is CCS(=O)(=O)Nc1ccccc1[N+](=O)[O-]. The van der Waals surface area contributed by atoms with Crippen LogP contribution in [0.1, 0.15) is 6.92 Å². The van der Waals surface area contributed by atoms with Gasteiger partial charge in [-0.15, -0.1) is 0 Å². The van der Waals surface area contributed by atoms with Gasteiger partial charge >= 0.3 is 0 Å². The Bertz CT molecular complexity index is 469. The van der Waals surface area contributed by atoms with Gasteiger partial charge < -0.3 is 0 Å². The lowest BCUT2D eigenvalue weighted by Crippen LogP contribution is -2.15. The third-order valence-corrected chi connectivity index (χ3v) is 3.04. The minimum atomic E-state index is -3.48. The molecule has 6 nitrogen and oxygen atoms in total. The molecule has 0 spiro atoms. The van der Waals surface area contributed by atoms with E-state index in [9.17, 15) is 18.5 Å². The number of anilines is 1. The molecule has 0 aliphatic carbocycles. The smallest absolute Gasteiger partial charge is 0.277 e. The number of benzene rings is 1. The van der Waals surface area contributed by atoms with E-state index in [1.54, 1.807) is 0 Å². The summed E-state index contributed by atoms with van der Waals surface area (Å²) in [6, 6.07) is 5.60. The molecule has 0 heterocycles. The van der Waals surface area contributed by atoms with Crippen LogP contribution in [0.15, 0.2) is 24.3 Å². The van der Waals surface area contributed by atoms with Crippen LogP contribution in [0.25, 0.3) is 0 Å². The average molecular weight is 230 g/mol. The van der Waals surface area contributed by atoms with Crippen LogP contribution < -0.4 is 4.72 Å². The van der Waals surface area contributed by atoms with Gasteiger partial charge in [0.15, 0.2) is 0 Å². The van der Waals surface area contributed by atoms with E-state index in [0.717, 1.165) is 0 Å². The highest BCUT2D eigenvalue weighted by atomic mass is 32.2. The molecule has 7 heteroatoms. The van der Waals surface area contributed by atoms with Crippen molar-refractivity contribution >= 4 is 21.4 Å². The second kappa shape index (κ2) is 4.26. The quantitative estimate of drug-likeness (QED) is 0.624. The van der Waals surface area contributed by atoms with Crippen molar-refractivity contribution in [3.8, 4) is 0 Å². The highest BCUT2D eigenvalue weighted by Crippen LogP contribution is 2.23. The summed E-state index contributed by atoms with van der Waals surface area (Å²) in [5, 5.41) is 10.6.